The standard InChI is InChI=1S/C11H11NO2S2/c1-8-5-6-15-11(8)9-3-2-4-10(7-9)16(12,13)14/h2-7H,1H3,(H2,12,13,14). The maximum absolute atomic E-state index is 11.2. The van der Waals surface area contributed by atoms with Gasteiger partial charge < -0.3 is 0 Å². The van der Waals surface area contributed by atoms with E-state index in [1.807, 2.05) is 24.4 Å². The van der Waals surface area contributed by atoms with Crippen LogP contribution in [-0.2, 0) is 10.0 Å². The number of aryl methyl sites for hydroxylation is 1. The Labute approximate surface area is 98.6 Å². The Balaban J connectivity index is 2.57. The van der Waals surface area contributed by atoms with Crippen LogP contribution in [0.3, 0.4) is 0 Å². The molecular formula is C11H11NO2S2. The average molecular weight is 253 g/mol. The highest BCUT2D eigenvalue weighted by atomic mass is 32.2. The Morgan fingerprint density at radius 2 is 2.00 bits per heavy atom. The molecule has 0 unspecified atom stereocenters. The summed E-state index contributed by atoms with van der Waals surface area (Å²) in [6.07, 6.45) is 0. The lowest BCUT2D eigenvalue weighted by Crippen LogP contribution is -2.11. The minimum Gasteiger partial charge on any atom is -0.225 e. The molecule has 5 heteroatoms. The fourth-order valence-corrected chi connectivity index (χ4v) is 2.97. The molecule has 0 aliphatic heterocycles. The second-order valence-corrected chi connectivity index (χ2v) is 5.98. The summed E-state index contributed by atoms with van der Waals surface area (Å²) in [5, 5.41) is 7.07. The Morgan fingerprint density at radius 3 is 2.56 bits per heavy atom. The van der Waals surface area contributed by atoms with Crippen molar-refractivity contribution in [3.05, 3.63) is 41.3 Å². The van der Waals surface area contributed by atoms with E-state index in [9.17, 15) is 8.42 Å². The zero-order chi connectivity index (χ0) is 11.8. The summed E-state index contributed by atoms with van der Waals surface area (Å²) < 4.78 is 22.4. The van der Waals surface area contributed by atoms with Crippen LogP contribution in [0.25, 0.3) is 10.4 Å². The summed E-state index contributed by atoms with van der Waals surface area (Å²) in [7, 11) is -3.62. The molecule has 2 rings (SSSR count). The highest BCUT2D eigenvalue weighted by Crippen LogP contribution is 2.29. The number of thiophene rings is 1. The minimum absolute atomic E-state index is 0.151. The van der Waals surface area contributed by atoms with Crippen molar-refractivity contribution in [3.63, 3.8) is 0 Å². The van der Waals surface area contributed by atoms with Crippen molar-refractivity contribution in [1.29, 1.82) is 0 Å². The van der Waals surface area contributed by atoms with Gasteiger partial charge in [0.05, 0.1) is 4.90 Å². The third-order valence-electron chi connectivity index (χ3n) is 2.29. The van der Waals surface area contributed by atoms with E-state index >= 15 is 0 Å². The van der Waals surface area contributed by atoms with Gasteiger partial charge in [0, 0.05) is 4.88 Å². The van der Waals surface area contributed by atoms with Crippen LogP contribution in [0.5, 0.6) is 0 Å². The summed E-state index contributed by atoms with van der Waals surface area (Å²) >= 11 is 1.59. The summed E-state index contributed by atoms with van der Waals surface area (Å²) in [6.45, 7) is 2.00. The molecule has 0 fully saturated rings. The van der Waals surface area contributed by atoms with Crippen LogP contribution in [0.1, 0.15) is 5.56 Å². The van der Waals surface area contributed by atoms with E-state index in [1.165, 1.54) is 6.07 Å². The van der Waals surface area contributed by atoms with Crippen LogP contribution in [0.2, 0.25) is 0 Å². The third kappa shape index (κ3) is 2.16. The second-order valence-electron chi connectivity index (χ2n) is 3.51. The highest BCUT2D eigenvalue weighted by Gasteiger charge is 2.10. The van der Waals surface area contributed by atoms with Crippen LogP contribution < -0.4 is 5.14 Å². The van der Waals surface area contributed by atoms with E-state index in [4.69, 9.17) is 5.14 Å². The number of hydrogen-bond acceptors (Lipinski definition) is 3. The normalized spacial score (nSPS) is 11.6. The molecule has 0 atom stereocenters. The average Bonchev–Trinajstić information content (AvgIpc) is 2.63. The van der Waals surface area contributed by atoms with E-state index in [1.54, 1.807) is 23.5 Å². The molecule has 0 saturated carbocycles. The number of hydrogen-bond donors (Lipinski definition) is 1. The van der Waals surface area contributed by atoms with Crippen molar-refractivity contribution in [2.24, 2.45) is 5.14 Å². The SMILES string of the molecule is Cc1ccsc1-c1cccc(S(N)(=O)=O)c1. The van der Waals surface area contributed by atoms with Gasteiger partial charge in [-0.15, -0.1) is 11.3 Å². The number of primary sulfonamides is 1. The molecule has 84 valence electrons. The van der Waals surface area contributed by atoms with E-state index in [0.717, 1.165) is 16.0 Å². The fourth-order valence-electron chi connectivity index (χ4n) is 1.48. The van der Waals surface area contributed by atoms with Gasteiger partial charge >= 0.3 is 0 Å². The van der Waals surface area contributed by atoms with Gasteiger partial charge in [0.2, 0.25) is 10.0 Å². The summed E-state index contributed by atoms with van der Waals surface area (Å²) in [5.74, 6) is 0. The van der Waals surface area contributed by atoms with Crippen molar-refractivity contribution in [2.45, 2.75) is 11.8 Å². The molecule has 2 N–H and O–H groups in total. The molecule has 0 amide bonds. The van der Waals surface area contributed by atoms with E-state index < -0.39 is 10.0 Å². The summed E-state index contributed by atoms with van der Waals surface area (Å²) in [5.41, 5.74) is 2.02. The van der Waals surface area contributed by atoms with Gasteiger partial charge in [0.25, 0.3) is 0 Å². The lowest BCUT2D eigenvalue weighted by Gasteiger charge is -2.02. The van der Waals surface area contributed by atoms with Crippen molar-refractivity contribution in [3.8, 4) is 10.4 Å². The number of benzene rings is 1. The van der Waals surface area contributed by atoms with Crippen molar-refractivity contribution in [1.82, 2.24) is 0 Å². The third-order valence-corrected chi connectivity index (χ3v) is 4.26. The molecule has 0 spiro atoms. The Kier molecular flexibility index (Phi) is 2.84. The Hall–Kier alpha value is -1.17. The molecule has 0 saturated heterocycles. The van der Waals surface area contributed by atoms with Crippen LogP contribution in [0.4, 0.5) is 0 Å². The maximum Gasteiger partial charge on any atom is 0.238 e. The predicted molar refractivity (Wildman–Crippen MR) is 65.9 cm³/mol. The van der Waals surface area contributed by atoms with Crippen molar-refractivity contribution in [2.75, 3.05) is 0 Å². The fraction of sp³-hybridized carbons (Fsp3) is 0.0909. The Morgan fingerprint density at radius 1 is 1.25 bits per heavy atom. The first kappa shape index (κ1) is 11.3. The minimum atomic E-state index is -3.62. The largest absolute Gasteiger partial charge is 0.238 e. The van der Waals surface area contributed by atoms with Gasteiger partial charge in [0.1, 0.15) is 0 Å². The first-order valence-corrected chi connectivity index (χ1v) is 7.08. The maximum atomic E-state index is 11.2. The highest BCUT2D eigenvalue weighted by molar-refractivity contribution is 7.89. The quantitative estimate of drug-likeness (QED) is 0.893. The first-order valence-electron chi connectivity index (χ1n) is 4.66. The molecule has 3 nitrogen and oxygen atoms in total. The predicted octanol–water partition coefficient (Wildman–Crippen LogP) is 2.37. The molecule has 0 bridgehead atoms. The smallest absolute Gasteiger partial charge is 0.225 e. The van der Waals surface area contributed by atoms with Gasteiger partial charge in [-0.05, 0) is 41.6 Å². The van der Waals surface area contributed by atoms with E-state index in [-0.39, 0.29) is 4.90 Å². The van der Waals surface area contributed by atoms with Gasteiger partial charge in [0.15, 0.2) is 0 Å². The van der Waals surface area contributed by atoms with Gasteiger partial charge in [-0.25, -0.2) is 13.6 Å². The van der Waals surface area contributed by atoms with Crippen LogP contribution in [0.15, 0.2) is 40.6 Å². The Bertz CT molecular complexity index is 614. The molecule has 2 aromatic rings. The molecule has 0 aliphatic carbocycles. The molecular weight excluding hydrogens is 242 g/mol. The summed E-state index contributed by atoms with van der Waals surface area (Å²) in [4.78, 5) is 1.23. The molecule has 1 aromatic carbocycles. The molecule has 16 heavy (non-hydrogen) atoms. The molecule has 0 aliphatic rings. The zero-order valence-electron chi connectivity index (χ0n) is 8.67. The van der Waals surface area contributed by atoms with E-state index in [2.05, 4.69) is 0 Å². The van der Waals surface area contributed by atoms with Crippen molar-refractivity contribution < 1.29 is 8.42 Å². The number of sulfonamides is 1. The second kappa shape index (κ2) is 4.01. The monoisotopic (exact) mass is 253 g/mol. The van der Waals surface area contributed by atoms with Gasteiger partial charge in [-0.2, -0.15) is 0 Å². The number of nitrogens with two attached hydrogens (primary N) is 1. The number of rotatable bonds is 2. The zero-order valence-corrected chi connectivity index (χ0v) is 10.3. The van der Waals surface area contributed by atoms with Crippen LogP contribution >= 0.6 is 11.3 Å². The molecule has 1 aromatic heterocycles. The van der Waals surface area contributed by atoms with Crippen LogP contribution in [0, 0.1) is 6.92 Å². The lowest BCUT2D eigenvalue weighted by atomic mass is 10.1. The van der Waals surface area contributed by atoms with Crippen LogP contribution in [-0.4, -0.2) is 8.42 Å². The summed E-state index contributed by atoms with van der Waals surface area (Å²) in [6, 6.07) is 8.70. The topological polar surface area (TPSA) is 60.2 Å². The van der Waals surface area contributed by atoms with Crippen molar-refractivity contribution >= 4 is 21.4 Å². The molecule has 1 heterocycles. The lowest BCUT2D eigenvalue weighted by molar-refractivity contribution is 0.598. The van der Waals surface area contributed by atoms with Gasteiger partial charge in [-0.3, -0.25) is 0 Å². The first-order chi connectivity index (χ1) is 7.48. The van der Waals surface area contributed by atoms with E-state index in [0.29, 0.717) is 0 Å². The molecule has 0 radical (unpaired) electrons. The van der Waals surface area contributed by atoms with Gasteiger partial charge in [-0.1, -0.05) is 12.1 Å².